The summed E-state index contributed by atoms with van der Waals surface area (Å²) in [4.78, 5) is 18.7. The third-order valence-corrected chi connectivity index (χ3v) is 5.20. The lowest BCUT2D eigenvalue weighted by atomic mass is 10.1. The van der Waals surface area contributed by atoms with E-state index < -0.39 is 5.60 Å². The number of carbonyl (C=O) groups is 1. The van der Waals surface area contributed by atoms with Crippen LogP contribution in [0, 0.1) is 5.92 Å². The highest BCUT2D eigenvalue weighted by molar-refractivity contribution is 5.68. The molecular weight excluding hydrogens is 396 g/mol. The monoisotopic (exact) mass is 426 g/mol. The second kappa shape index (κ2) is 9.24. The molecular formula is C24H30N2O5. The molecule has 1 amide bonds. The number of carbonyl (C=O) groups excluding carboxylic acids is 1. The Morgan fingerprint density at radius 1 is 1.16 bits per heavy atom. The molecule has 7 heteroatoms. The topological polar surface area (TPSA) is 70.1 Å². The predicted molar refractivity (Wildman–Crippen MR) is 116 cm³/mol. The molecule has 0 spiro atoms. The Balaban J connectivity index is 1.34. The maximum absolute atomic E-state index is 12.2. The van der Waals surface area contributed by atoms with Crippen molar-refractivity contribution in [1.82, 2.24) is 9.88 Å². The van der Waals surface area contributed by atoms with E-state index in [1.165, 1.54) is 0 Å². The van der Waals surface area contributed by atoms with Gasteiger partial charge in [0.2, 0.25) is 5.88 Å². The molecule has 0 radical (unpaired) electrons. The summed E-state index contributed by atoms with van der Waals surface area (Å²) < 4.78 is 22.6. The van der Waals surface area contributed by atoms with Crippen LogP contribution in [0.15, 0.2) is 42.5 Å². The fraction of sp³-hybridized carbons (Fsp3) is 0.500. The van der Waals surface area contributed by atoms with Crippen LogP contribution >= 0.6 is 0 Å². The van der Waals surface area contributed by atoms with E-state index in [9.17, 15) is 4.79 Å². The molecule has 2 saturated heterocycles. The summed E-state index contributed by atoms with van der Waals surface area (Å²) >= 11 is 0. The molecule has 3 heterocycles. The highest BCUT2D eigenvalue weighted by Crippen LogP contribution is 2.28. The van der Waals surface area contributed by atoms with Gasteiger partial charge in [0.1, 0.15) is 5.60 Å². The molecule has 2 aliphatic heterocycles. The van der Waals surface area contributed by atoms with Crippen LogP contribution in [-0.4, -0.2) is 54.5 Å². The molecule has 1 atom stereocenters. The van der Waals surface area contributed by atoms with Gasteiger partial charge in [0.25, 0.3) is 0 Å². The van der Waals surface area contributed by atoms with Crippen molar-refractivity contribution in [3.8, 4) is 17.1 Å². The normalized spacial score (nSPS) is 19.6. The Morgan fingerprint density at radius 2 is 1.94 bits per heavy atom. The minimum Gasteiger partial charge on any atom is -0.477 e. The number of hydrogen-bond donors (Lipinski definition) is 0. The summed E-state index contributed by atoms with van der Waals surface area (Å²) in [7, 11) is 0. The van der Waals surface area contributed by atoms with Crippen LogP contribution in [0.4, 0.5) is 4.79 Å². The Kier molecular flexibility index (Phi) is 6.43. The van der Waals surface area contributed by atoms with Crippen molar-refractivity contribution in [1.29, 1.82) is 0 Å². The van der Waals surface area contributed by atoms with Gasteiger partial charge in [-0.15, -0.1) is 0 Å². The standard InChI is InChI=1S/C24H30N2O5/c1-24(2,3)31-23(27)26-11-10-17(15-26)16-30-21-9-5-8-20(25-21)18-6-4-7-19(14-18)22-28-12-13-29-22/h4-9,14,17,22H,10-13,15-16H2,1-3H3/t17-/m1/s1. The van der Waals surface area contributed by atoms with Crippen LogP contribution in [0.3, 0.4) is 0 Å². The van der Waals surface area contributed by atoms with E-state index in [2.05, 4.69) is 4.98 Å². The Morgan fingerprint density at radius 3 is 2.71 bits per heavy atom. The zero-order chi connectivity index (χ0) is 21.8. The van der Waals surface area contributed by atoms with Crippen molar-refractivity contribution >= 4 is 6.09 Å². The molecule has 1 aromatic heterocycles. The van der Waals surface area contributed by atoms with Gasteiger partial charge >= 0.3 is 6.09 Å². The minimum atomic E-state index is -0.483. The first-order valence-electron chi connectivity index (χ1n) is 10.8. The van der Waals surface area contributed by atoms with Crippen LogP contribution < -0.4 is 4.74 Å². The SMILES string of the molecule is CC(C)(C)OC(=O)N1CC[C@@H](COc2cccc(-c3cccc(C4OCCO4)c3)n2)C1. The smallest absolute Gasteiger partial charge is 0.410 e. The first-order valence-corrected chi connectivity index (χ1v) is 10.8. The van der Waals surface area contributed by atoms with Crippen molar-refractivity contribution in [2.75, 3.05) is 32.9 Å². The van der Waals surface area contributed by atoms with Crippen LogP contribution in [0.25, 0.3) is 11.3 Å². The molecule has 7 nitrogen and oxygen atoms in total. The molecule has 4 rings (SSSR count). The molecule has 1 aromatic carbocycles. The van der Waals surface area contributed by atoms with Crippen molar-refractivity contribution in [2.24, 2.45) is 5.92 Å². The summed E-state index contributed by atoms with van der Waals surface area (Å²) in [5.74, 6) is 0.838. The van der Waals surface area contributed by atoms with Crippen LogP contribution in [0.5, 0.6) is 5.88 Å². The molecule has 166 valence electrons. The second-order valence-electron chi connectivity index (χ2n) is 8.95. The Bertz CT molecular complexity index is 905. The third-order valence-electron chi connectivity index (χ3n) is 5.20. The third kappa shape index (κ3) is 5.74. The van der Waals surface area contributed by atoms with E-state index in [-0.39, 0.29) is 18.3 Å². The molecule has 31 heavy (non-hydrogen) atoms. The Hall–Kier alpha value is -2.64. The second-order valence-corrected chi connectivity index (χ2v) is 8.95. The average molecular weight is 427 g/mol. The first-order chi connectivity index (χ1) is 14.9. The summed E-state index contributed by atoms with van der Waals surface area (Å²) in [5.41, 5.74) is 2.32. The zero-order valence-corrected chi connectivity index (χ0v) is 18.4. The number of pyridine rings is 1. The average Bonchev–Trinajstić information content (AvgIpc) is 3.44. The van der Waals surface area contributed by atoms with Crippen LogP contribution in [0.2, 0.25) is 0 Å². The van der Waals surface area contributed by atoms with Crippen LogP contribution in [0.1, 0.15) is 39.0 Å². The number of rotatable bonds is 5. The van der Waals surface area contributed by atoms with Crippen molar-refractivity contribution in [3.63, 3.8) is 0 Å². The molecule has 0 bridgehead atoms. The van der Waals surface area contributed by atoms with Gasteiger partial charge in [-0.1, -0.05) is 24.3 Å². The van der Waals surface area contributed by atoms with Gasteiger partial charge in [-0.05, 0) is 39.3 Å². The largest absolute Gasteiger partial charge is 0.477 e. The number of aromatic nitrogens is 1. The highest BCUT2D eigenvalue weighted by atomic mass is 16.7. The maximum Gasteiger partial charge on any atom is 0.410 e. The number of hydrogen-bond acceptors (Lipinski definition) is 6. The number of ether oxygens (including phenoxy) is 4. The summed E-state index contributed by atoms with van der Waals surface area (Å²) in [6.07, 6.45) is 0.322. The maximum atomic E-state index is 12.2. The summed E-state index contributed by atoms with van der Waals surface area (Å²) in [6, 6.07) is 13.8. The number of nitrogens with zero attached hydrogens (tertiary/aromatic N) is 2. The van der Waals surface area contributed by atoms with Gasteiger partial charge in [-0.25, -0.2) is 9.78 Å². The predicted octanol–water partition coefficient (Wildman–Crippen LogP) is 4.43. The molecule has 2 aliphatic rings. The van der Waals surface area contributed by atoms with E-state index in [1.54, 1.807) is 4.90 Å². The van der Waals surface area contributed by atoms with Gasteiger partial charge in [0, 0.05) is 36.2 Å². The summed E-state index contributed by atoms with van der Waals surface area (Å²) in [5, 5.41) is 0. The first kappa shape index (κ1) is 21.6. The van der Waals surface area contributed by atoms with Gasteiger partial charge in [0.05, 0.1) is 25.5 Å². The molecule has 0 saturated carbocycles. The van der Waals surface area contributed by atoms with Crippen molar-refractivity contribution < 1.29 is 23.7 Å². The van der Waals surface area contributed by atoms with Gasteiger partial charge < -0.3 is 23.8 Å². The Labute approximate surface area is 183 Å². The lowest BCUT2D eigenvalue weighted by Crippen LogP contribution is -2.35. The van der Waals surface area contributed by atoms with Gasteiger partial charge in [-0.2, -0.15) is 0 Å². The number of benzene rings is 1. The van der Waals surface area contributed by atoms with Crippen LogP contribution in [-0.2, 0) is 14.2 Å². The van der Waals surface area contributed by atoms with E-state index >= 15 is 0 Å². The molecule has 2 aromatic rings. The molecule has 0 N–H and O–H groups in total. The number of amides is 1. The lowest BCUT2D eigenvalue weighted by molar-refractivity contribution is -0.0440. The minimum absolute atomic E-state index is 0.259. The highest BCUT2D eigenvalue weighted by Gasteiger charge is 2.30. The summed E-state index contributed by atoms with van der Waals surface area (Å²) in [6.45, 7) is 8.70. The van der Waals surface area contributed by atoms with E-state index in [1.807, 2.05) is 63.2 Å². The van der Waals surface area contributed by atoms with E-state index in [0.29, 0.717) is 38.8 Å². The lowest BCUT2D eigenvalue weighted by Gasteiger charge is -2.24. The fourth-order valence-electron chi connectivity index (χ4n) is 3.72. The van der Waals surface area contributed by atoms with E-state index in [0.717, 1.165) is 23.2 Å². The molecule has 0 aliphatic carbocycles. The zero-order valence-electron chi connectivity index (χ0n) is 18.4. The quantitative estimate of drug-likeness (QED) is 0.704. The van der Waals surface area contributed by atoms with E-state index in [4.69, 9.17) is 18.9 Å². The number of likely N-dealkylation sites (tertiary alicyclic amines) is 1. The van der Waals surface area contributed by atoms with Gasteiger partial charge in [0.15, 0.2) is 6.29 Å². The molecule has 2 fully saturated rings. The van der Waals surface area contributed by atoms with Crippen molar-refractivity contribution in [2.45, 2.75) is 39.1 Å². The van der Waals surface area contributed by atoms with Gasteiger partial charge in [-0.3, -0.25) is 0 Å². The van der Waals surface area contributed by atoms with Crippen molar-refractivity contribution in [3.05, 3.63) is 48.0 Å². The molecule has 0 unspecified atom stereocenters. The fourth-order valence-corrected chi connectivity index (χ4v) is 3.72.